The molecule has 6 nitrogen and oxygen atoms in total. The van der Waals surface area contributed by atoms with Crippen LogP contribution in [0.1, 0.15) is 44.7 Å². The van der Waals surface area contributed by atoms with Crippen molar-refractivity contribution in [2.45, 2.75) is 12.8 Å². The molecule has 0 atom stereocenters. The van der Waals surface area contributed by atoms with E-state index in [1.807, 2.05) is 6.07 Å². The van der Waals surface area contributed by atoms with Gasteiger partial charge in [-0.15, -0.1) is 0 Å². The number of carbonyl (C=O) groups is 3. The molecule has 1 saturated heterocycles. The van der Waals surface area contributed by atoms with Crippen molar-refractivity contribution in [2.75, 3.05) is 26.2 Å². The lowest BCUT2D eigenvalue weighted by molar-refractivity contribution is -0.134. The number of benzene rings is 2. The van der Waals surface area contributed by atoms with E-state index in [0.717, 1.165) is 12.8 Å². The van der Waals surface area contributed by atoms with Crippen LogP contribution in [0.2, 0.25) is 0 Å². The SMILES string of the molecule is O=C1OC(=Cc2ccc(F)c(C(=O)N3CCN(C(=O)C4CC4)CC3)c2)c2ccccc21. The van der Waals surface area contributed by atoms with Crippen molar-refractivity contribution in [1.82, 2.24) is 9.80 Å². The molecule has 7 heteroatoms. The first-order chi connectivity index (χ1) is 15.0. The van der Waals surface area contributed by atoms with Crippen LogP contribution >= 0.6 is 0 Å². The van der Waals surface area contributed by atoms with Crippen LogP contribution in [0.15, 0.2) is 42.5 Å². The third-order valence-electron chi connectivity index (χ3n) is 5.94. The molecule has 0 aromatic heterocycles. The zero-order valence-electron chi connectivity index (χ0n) is 16.8. The molecule has 0 unspecified atom stereocenters. The largest absolute Gasteiger partial charge is 0.422 e. The number of ether oxygens (including phenoxy) is 1. The maximum Gasteiger partial charge on any atom is 0.344 e. The van der Waals surface area contributed by atoms with E-state index in [-0.39, 0.29) is 17.4 Å². The number of carbonyl (C=O) groups excluding carboxylic acids is 3. The molecule has 2 fully saturated rings. The Morgan fingerprint density at radius 2 is 1.65 bits per heavy atom. The van der Waals surface area contributed by atoms with Crippen LogP contribution in [0.4, 0.5) is 4.39 Å². The molecule has 2 heterocycles. The molecule has 0 spiro atoms. The molecule has 3 aliphatic rings. The Balaban J connectivity index is 1.34. The van der Waals surface area contributed by atoms with Gasteiger partial charge in [-0.2, -0.15) is 0 Å². The van der Waals surface area contributed by atoms with Crippen LogP contribution in [0.3, 0.4) is 0 Å². The summed E-state index contributed by atoms with van der Waals surface area (Å²) in [6.45, 7) is 1.71. The fourth-order valence-corrected chi connectivity index (χ4v) is 4.03. The Bertz CT molecular complexity index is 1110. The summed E-state index contributed by atoms with van der Waals surface area (Å²) in [5.41, 5.74) is 1.67. The van der Waals surface area contributed by atoms with Crippen LogP contribution < -0.4 is 0 Å². The summed E-state index contributed by atoms with van der Waals surface area (Å²) in [5, 5.41) is 0. The van der Waals surface area contributed by atoms with Gasteiger partial charge < -0.3 is 14.5 Å². The zero-order chi connectivity index (χ0) is 21.5. The van der Waals surface area contributed by atoms with Gasteiger partial charge in [0.2, 0.25) is 5.91 Å². The Labute approximate surface area is 178 Å². The number of esters is 1. The maximum absolute atomic E-state index is 14.5. The van der Waals surface area contributed by atoms with Crippen molar-refractivity contribution in [1.29, 1.82) is 0 Å². The molecule has 1 saturated carbocycles. The van der Waals surface area contributed by atoms with Gasteiger partial charge in [0.25, 0.3) is 5.91 Å². The Kier molecular flexibility index (Phi) is 4.81. The molecule has 2 amide bonds. The zero-order valence-corrected chi connectivity index (χ0v) is 16.8. The lowest BCUT2D eigenvalue weighted by Gasteiger charge is -2.35. The second kappa shape index (κ2) is 7.65. The molecule has 0 N–H and O–H groups in total. The molecule has 0 bridgehead atoms. The van der Waals surface area contributed by atoms with E-state index < -0.39 is 17.7 Å². The van der Waals surface area contributed by atoms with Gasteiger partial charge in [-0.05, 0) is 42.7 Å². The van der Waals surface area contributed by atoms with Gasteiger partial charge >= 0.3 is 5.97 Å². The Morgan fingerprint density at radius 1 is 0.968 bits per heavy atom. The molecular weight excluding hydrogens is 399 g/mol. The van der Waals surface area contributed by atoms with Gasteiger partial charge in [0.05, 0.1) is 11.1 Å². The molecule has 2 aromatic carbocycles. The average Bonchev–Trinajstić information content (AvgIpc) is 3.60. The number of cyclic esters (lactones) is 1. The standard InChI is InChI=1S/C24H21FN2O4/c25-20-8-5-15(14-21-17-3-1-2-4-18(17)24(30)31-21)13-19(20)23(29)27-11-9-26(10-12-27)22(28)16-6-7-16/h1-5,8,13-14,16H,6-7,9-12H2. The Morgan fingerprint density at radius 3 is 2.35 bits per heavy atom. The molecule has 2 aliphatic heterocycles. The first-order valence-electron chi connectivity index (χ1n) is 10.4. The van der Waals surface area contributed by atoms with Crippen LogP contribution in [-0.4, -0.2) is 53.8 Å². The number of hydrogen-bond donors (Lipinski definition) is 0. The quantitative estimate of drug-likeness (QED) is 0.716. The van der Waals surface area contributed by atoms with E-state index in [4.69, 9.17) is 4.74 Å². The number of hydrogen-bond acceptors (Lipinski definition) is 4. The summed E-state index contributed by atoms with van der Waals surface area (Å²) in [6, 6.07) is 11.3. The van der Waals surface area contributed by atoms with Crippen molar-refractivity contribution in [3.05, 3.63) is 70.5 Å². The third-order valence-corrected chi connectivity index (χ3v) is 5.94. The minimum atomic E-state index is -0.604. The van der Waals surface area contributed by atoms with Gasteiger partial charge in [0.1, 0.15) is 11.6 Å². The predicted octanol–water partition coefficient (Wildman–Crippen LogP) is 3.19. The topological polar surface area (TPSA) is 66.9 Å². The maximum atomic E-state index is 14.5. The fourth-order valence-electron chi connectivity index (χ4n) is 4.03. The highest BCUT2D eigenvalue weighted by Gasteiger charge is 2.35. The minimum absolute atomic E-state index is 0.0334. The molecule has 158 valence electrons. The highest BCUT2D eigenvalue weighted by Crippen LogP contribution is 2.32. The first kappa shape index (κ1) is 19.5. The molecule has 1 aliphatic carbocycles. The number of nitrogens with zero attached hydrogens (tertiary/aromatic N) is 2. The summed E-state index contributed by atoms with van der Waals surface area (Å²) in [7, 11) is 0. The van der Waals surface area contributed by atoms with E-state index in [1.54, 1.807) is 40.1 Å². The van der Waals surface area contributed by atoms with Gasteiger partial charge in [0, 0.05) is 37.7 Å². The highest BCUT2D eigenvalue weighted by atomic mass is 19.1. The predicted molar refractivity (Wildman–Crippen MR) is 111 cm³/mol. The first-order valence-corrected chi connectivity index (χ1v) is 10.4. The highest BCUT2D eigenvalue weighted by molar-refractivity contribution is 6.06. The van der Waals surface area contributed by atoms with Crippen LogP contribution in [-0.2, 0) is 9.53 Å². The third kappa shape index (κ3) is 3.71. The van der Waals surface area contributed by atoms with Crippen LogP contribution in [0.25, 0.3) is 11.8 Å². The average molecular weight is 420 g/mol. The summed E-state index contributed by atoms with van der Waals surface area (Å²) in [6.07, 6.45) is 3.53. The van der Waals surface area contributed by atoms with E-state index in [9.17, 15) is 18.8 Å². The smallest absolute Gasteiger partial charge is 0.344 e. The number of rotatable bonds is 3. The lowest BCUT2D eigenvalue weighted by Crippen LogP contribution is -2.51. The van der Waals surface area contributed by atoms with E-state index in [0.29, 0.717) is 48.6 Å². The van der Waals surface area contributed by atoms with Gasteiger partial charge in [-0.1, -0.05) is 24.3 Å². The number of amides is 2. The van der Waals surface area contributed by atoms with Crippen LogP contribution in [0, 0.1) is 11.7 Å². The summed E-state index contributed by atoms with van der Waals surface area (Å²) in [4.78, 5) is 40.5. The van der Waals surface area contributed by atoms with Gasteiger partial charge in [-0.3, -0.25) is 9.59 Å². The lowest BCUT2D eigenvalue weighted by atomic mass is 10.0. The number of piperazine rings is 1. The number of halogens is 1. The second-order valence-corrected chi connectivity index (χ2v) is 8.07. The molecule has 0 radical (unpaired) electrons. The summed E-state index contributed by atoms with van der Waals surface area (Å²) in [5.74, 6) is -0.748. The number of fused-ring (bicyclic) bond motifs is 1. The van der Waals surface area contributed by atoms with Crippen molar-refractivity contribution < 1.29 is 23.5 Å². The summed E-state index contributed by atoms with van der Waals surface area (Å²) >= 11 is 0. The summed E-state index contributed by atoms with van der Waals surface area (Å²) < 4.78 is 19.8. The van der Waals surface area contributed by atoms with E-state index >= 15 is 0 Å². The van der Waals surface area contributed by atoms with E-state index in [1.165, 1.54) is 12.1 Å². The van der Waals surface area contributed by atoms with Gasteiger partial charge in [-0.25, -0.2) is 9.18 Å². The molecule has 31 heavy (non-hydrogen) atoms. The van der Waals surface area contributed by atoms with Crippen molar-refractivity contribution in [3.8, 4) is 0 Å². The van der Waals surface area contributed by atoms with Crippen molar-refractivity contribution in [3.63, 3.8) is 0 Å². The van der Waals surface area contributed by atoms with Crippen molar-refractivity contribution >= 4 is 29.6 Å². The molecular formula is C24H21FN2O4. The van der Waals surface area contributed by atoms with Crippen molar-refractivity contribution in [2.24, 2.45) is 5.92 Å². The van der Waals surface area contributed by atoms with Crippen LogP contribution in [0.5, 0.6) is 0 Å². The van der Waals surface area contributed by atoms with Gasteiger partial charge in [0.15, 0.2) is 0 Å². The molecule has 5 rings (SSSR count). The monoisotopic (exact) mass is 420 g/mol. The fraction of sp³-hybridized carbons (Fsp3) is 0.292. The minimum Gasteiger partial charge on any atom is -0.422 e. The van der Waals surface area contributed by atoms with E-state index in [2.05, 4.69) is 0 Å². The normalized spacial score (nSPS) is 19.4. The Hall–Kier alpha value is -3.48. The molecule has 2 aromatic rings. The second-order valence-electron chi connectivity index (χ2n) is 8.07.